The summed E-state index contributed by atoms with van der Waals surface area (Å²) in [6, 6.07) is 20.7. The number of rotatable bonds is 7. The second kappa shape index (κ2) is 11.4. The average Bonchev–Trinajstić information content (AvgIpc) is 3.12. The summed E-state index contributed by atoms with van der Waals surface area (Å²) < 4.78 is 5.76. The summed E-state index contributed by atoms with van der Waals surface area (Å²) >= 11 is 12.2. The van der Waals surface area contributed by atoms with Gasteiger partial charge in [0.25, 0.3) is 17.7 Å². The van der Waals surface area contributed by atoms with Crippen LogP contribution < -0.4 is 15.5 Å². The van der Waals surface area contributed by atoms with E-state index in [4.69, 9.17) is 28.6 Å². The van der Waals surface area contributed by atoms with Crippen molar-refractivity contribution in [2.75, 3.05) is 11.9 Å². The first-order chi connectivity index (χ1) is 17.3. The Labute approximate surface area is 222 Å². The molecular weight excluding hydrogens is 518 g/mol. The predicted octanol–water partition coefficient (Wildman–Crippen LogP) is 5.21. The molecule has 36 heavy (non-hydrogen) atoms. The molecule has 1 aliphatic rings. The molecule has 1 fully saturated rings. The minimum atomic E-state index is -0.475. The van der Waals surface area contributed by atoms with E-state index in [1.165, 1.54) is 0 Å². The number of nitrogens with zero attached hydrogens (tertiary/aromatic N) is 1. The second-order valence-corrected chi connectivity index (χ2v) is 9.85. The first-order valence-electron chi connectivity index (χ1n) is 10.7. The molecule has 0 radical (unpaired) electrons. The Balaban J connectivity index is 1.33. The van der Waals surface area contributed by atoms with Crippen molar-refractivity contribution < 1.29 is 19.1 Å². The number of thiocarbonyl (C=S) groups is 1. The number of nitrogens with one attached hydrogen (secondary N) is 2. The second-order valence-electron chi connectivity index (χ2n) is 7.74. The van der Waals surface area contributed by atoms with Crippen LogP contribution in [-0.4, -0.2) is 33.7 Å². The molecule has 0 bridgehead atoms. The number of thioether (sulfide) groups is 1. The number of carbonyl (C=O) groups excluding carboxylic acids is 3. The van der Waals surface area contributed by atoms with E-state index in [1.807, 2.05) is 31.2 Å². The molecule has 3 amide bonds. The molecule has 7 nitrogen and oxygen atoms in total. The van der Waals surface area contributed by atoms with Crippen LogP contribution in [0.3, 0.4) is 0 Å². The van der Waals surface area contributed by atoms with Crippen LogP contribution in [0.4, 0.5) is 5.69 Å². The van der Waals surface area contributed by atoms with Crippen molar-refractivity contribution in [2.24, 2.45) is 0 Å². The first-order valence-corrected chi connectivity index (χ1v) is 12.3. The monoisotopic (exact) mass is 537 g/mol. The van der Waals surface area contributed by atoms with E-state index in [0.717, 1.165) is 27.9 Å². The number of halogens is 1. The topological polar surface area (TPSA) is 87.7 Å². The Morgan fingerprint density at radius 3 is 2.36 bits per heavy atom. The Morgan fingerprint density at radius 1 is 1.03 bits per heavy atom. The maximum atomic E-state index is 12.8. The normalized spacial score (nSPS) is 14.2. The maximum absolute atomic E-state index is 12.8. The van der Waals surface area contributed by atoms with Gasteiger partial charge in [-0.25, -0.2) is 0 Å². The number of hydrogen-bond acceptors (Lipinski definition) is 6. The van der Waals surface area contributed by atoms with Gasteiger partial charge in [0.15, 0.2) is 10.9 Å². The fraction of sp³-hybridized carbons (Fsp3) is 0.0769. The van der Waals surface area contributed by atoms with Crippen LogP contribution in [0, 0.1) is 6.92 Å². The highest BCUT2D eigenvalue weighted by Gasteiger charge is 2.33. The lowest BCUT2D eigenvalue weighted by Gasteiger charge is -2.15. The van der Waals surface area contributed by atoms with Crippen LogP contribution in [0.1, 0.15) is 21.5 Å². The molecule has 3 aromatic rings. The standard InChI is InChI=1S/C26H20ClN3O4S2/c1-16-2-10-20(11-3-16)28-23(31)15-34-21-12-4-17(5-13-21)14-22-25(33)30(26(35)36-22)29-24(32)18-6-8-19(27)9-7-18/h2-14H,15H2,1H3,(H,28,31)(H,29,32)/b22-14+. The van der Waals surface area contributed by atoms with E-state index in [-0.39, 0.29) is 16.8 Å². The van der Waals surface area contributed by atoms with Crippen molar-refractivity contribution in [1.82, 2.24) is 10.4 Å². The Hall–Kier alpha value is -3.66. The van der Waals surface area contributed by atoms with E-state index in [1.54, 1.807) is 54.6 Å². The lowest BCUT2D eigenvalue weighted by molar-refractivity contribution is -0.123. The fourth-order valence-corrected chi connectivity index (χ4v) is 4.43. The van der Waals surface area contributed by atoms with E-state index >= 15 is 0 Å². The van der Waals surface area contributed by atoms with Gasteiger partial charge in [-0.15, -0.1) is 0 Å². The molecule has 4 rings (SSSR count). The zero-order valence-electron chi connectivity index (χ0n) is 19.0. The third-order valence-electron chi connectivity index (χ3n) is 5.00. The minimum Gasteiger partial charge on any atom is -0.484 e. The Kier molecular flexibility index (Phi) is 8.04. The van der Waals surface area contributed by atoms with Gasteiger partial charge in [-0.05, 0) is 79.3 Å². The Morgan fingerprint density at radius 2 is 1.69 bits per heavy atom. The molecular formula is C26H20ClN3O4S2. The lowest BCUT2D eigenvalue weighted by atomic mass is 10.2. The number of carbonyl (C=O) groups is 3. The SMILES string of the molecule is Cc1ccc(NC(=O)COc2ccc(/C=C3/SC(=S)N(NC(=O)c4ccc(Cl)cc4)C3=O)cc2)cc1. The molecule has 3 aromatic carbocycles. The average molecular weight is 538 g/mol. The first kappa shape index (κ1) is 25.4. The number of hydrogen-bond donors (Lipinski definition) is 2. The molecule has 1 aliphatic heterocycles. The summed E-state index contributed by atoms with van der Waals surface area (Å²) in [6.45, 7) is 1.83. The van der Waals surface area contributed by atoms with E-state index in [2.05, 4.69) is 10.7 Å². The van der Waals surface area contributed by atoms with Gasteiger partial charge in [-0.3, -0.25) is 19.8 Å². The molecule has 1 heterocycles. The predicted molar refractivity (Wildman–Crippen MR) is 146 cm³/mol. The number of benzene rings is 3. The summed E-state index contributed by atoms with van der Waals surface area (Å²) in [5.41, 5.74) is 5.41. The number of aryl methyl sites for hydroxylation is 1. The molecule has 0 aliphatic carbocycles. The largest absolute Gasteiger partial charge is 0.484 e. The highest BCUT2D eigenvalue weighted by atomic mass is 35.5. The molecule has 0 aromatic heterocycles. The van der Waals surface area contributed by atoms with Gasteiger partial charge in [0.05, 0.1) is 4.91 Å². The summed E-state index contributed by atoms with van der Waals surface area (Å²) in [5, 5.41) is 4.32. The smallest absolute Gasteiger partial charge is 0.285 e. The van der Waals surface area contributed by atoms with Crippen LogP contribution in [0.5, 0.6) is 5.75 Å². The summed E-state index contributed by atoms with van der Waals surface area (Å²) in [4.78, 5) is 37.7. The zero-order chi connectivity index (χ0) is 25.7. The summed E-state index contributed by atoms with van der Waals surface area (Å²) in [6.07, 6.45) is 1.67. The van der Waals surface area contributed by atoms with E-state index in [9.17, 15) is 14.4 Å². The number of hydrazine groups is 1. The van der Waals surface area contributed by atoms with Crippen molar-refractivity contribution >= 4 is 69.4 Å². The van der Waals surface area contributed by atoms with Crippen LogP contribution in [0.2, 0.25) is 5.02 Å². The van der Waals surface area contributed by atoms with Crippen molar-refractivity contribution in [1.29, 1.82) is 0 Å². The van der Waals surface area contributed by atoms with Crippen molar-refractivity contribution in [3.8, 4) is 5.75 Å². The molecule has 0 saturated carbocycles. The van der Waals surface area contributed by atoms with Crippen LogP contribution in [-0.2, 0) is 9.59 Å². The van der Waals surface area contributed by atoms with Crippen LogP contribution in [0.25, 0.3) is 6.08 Å². The number of amides is 3. The fourth-order valence-electron chi connectivity index (χ4n) is 3.13. The third-order valence-corrected chi connectivity index (χ3v) is 6.55. The summed E-state index contributed by atoms with van der Waals surface area (Å²) in [7, 11) is 0. The van der Waals surface area contributed by atoms with Crippen LogP contribution in [0.15, 0.2) is 77.7 Å². The highest BCUT2D eigenvalue weighted by molar-refractivity contribution is 8.26. The molecule has 10 heteroatoms. The zero-order valence-corrected chi connectivity index (χ0v) is 21.4. The molecule has 0 atom stereocenters. The molecule has 0 unspecified atom stereocenters. The van der Waals surface area contributed by atoms with Gasteiger partial charge in [-0.1, -0.05) is 53.2 Å². The summed E-state index contributed by atoms with van der Waals surface area (Å²) in [5.74, 6) is -0.668. The number of ether oxygens (including phenoxy) is 1. The number of anilines is 1. The lowest BCUT2D eigenvalue weighted by Crippen LogP contribution is -2.44. The molecule has 2 N–H and O–H groups in total. The molecule has 1 saturated heterocycles. The van der Waals surface area contributed by atoms with Crippen molar-refractivity contribution in [3.05, 3.63) is 99.4 Å². The van der Waals surface area contributed by atoms with Gasteiger partial charge in [-0.2, -0.15) is 5.01 Å². The van der Waals surface area contributed by atoms with Crippen LogP contribution >= 0.6 is 35.6 Å². The van der Waals surface area contributed by atoms with Gasteiger partial charge in [0.1, 0.15) is 5.75 Å². The molecule has 182 valence electrons. The van der Waals surface area contributed by atoms with Crippen molar-refractivity contribution in [3.63, 3.8) is 0 Å². The van der Waals surface area contributed by atoms with Gasteiger partial charge >= 0.3 is 0 Å². The van der Waals surface area contributed by atoms with Gasteiger partial charge in [0, 0.05) is 16.3 Å². The van der Waals surface area contributed by atoms with Crippen molar-refractivity contribution in [2.45, 2.75) is 6.92 Å². The van der Waals surface area contributed by atoms with Gasteiger partial charge in [0.2, 0.25) is 0 Å². The molecule has 0 spiro atoms. The Bertz CT molecular complexity index is 1340. The van der Waals surface area contributed by atoms with Gasteiger partial charge < -0.3 is 10.1 Å². The maximum Gasteiger partial charge on any atom is 0.285 e. The van der Waals surface area contributed by atoms with E-state index in [0.29, 0.717) is 26.9 Å². The minimum absolute atomic E-state index is 0.140. The van der Waals surface area contributed by atoms with E-state index < -0.39 is 11.8 Å². The highest BCUT2D eigenvalue weighted by Crippen LogP contribution is 2.31. The third kappa shape index (κ3) is 6.51. The quantitative estimate of drug-likeness (QED) is 0.318.